The van der Waals surface area contributed by atoms with Crippen molar-refractivity contribution in [2.75, 3.05) is 18.4 Å². The van der Waals surface area contributed by atoms with Crippen LogP contribution in [0.25, 0.3) is 0 Å². The number of unbranched alkanes of at least 4 members (excludes halogenated alkanes) is 1. The lowest BCUT2D eigenvalue weighted by atomic mass is 10.1. The number of aryl methyl sites for hydroxylation is 1. The first-order chi connectivity index (χ1) is 11.6. The lowest BCUT2D eigenvalue weighted by Gasteiger charge is -2.29. The fourth-order valence-corrected chi connectivity index (χ4v) is 2.85. The molecule has 0 aromatic heterocycles. The Kier molecular flexibility index (Phi) is 7.25. The molecule has 2 N–H and O–H groups in total. The van der Waals surface area contributed by atoms with Gasteiger partial charge in [0.1, 0.15) is 0 Å². The molecule has 0 spiro atoms. The zero-order valence-corrected chi connectivity index (χ0v) is 14.5. The summed E-state index contributed by atoms with van der Waals surface area (Å²) in [5, 5.41) is 12.3. The zero-order valence-electron chi connectivity index (χ0n) is 14.5. The summed E-state index contributed by atoms with van der Waals surface area (Å²) in [4.78, 5) is 25.8. The number of piperidine rings is 1. The van der Waals surface area contributed by atoms with Crippen LogP contribution in [0.5, 0.6) is 0 Å². The zero-order chi connectivity index (χ0) is 17.4. The number of aliphatic hydroxyl groups excluding tert-OH is 1. The molecule has 0 aliphatic carbocycles. The molecule has 5 nitrogen and oxygen atoms in total. The third-order valence-corrected chi connectivity index (χ3v) is 4.44. The van der Waals surface area contributed by atoms with Crippen molar-refractivity contribution >= 4 is 17.5 Å². The molecule has 0 unspecified atom stereocenters. The number of amides is 2. The van der Waals surface area contributed by atoms with Gasteiger partial charge in [-0.15, -0.1) is 0 Å². The molecule has 132 valence electrons. The Morgan fingerprint density at radius 3 is 2.46 bits per heavy atom. The monoisotopic (exact) mass is 332 g/mol. The van der Waals surface area contributed by atoms with E-state index in [0.29, 0.717) is 25.9 Å². The number of nitrogens with zero attached hydrogens (tertiary/aromatic N) is 1. The minimum atomic E-state index is -0.294. The summed E-state index contributed by atoms with van der Waals surface area (Å²) in [5.74, 6) is -0.145. The first-order valence-electron chi connectivity index (χ1n) is 8.93. The minimum Gasteiger partial charge on any atom is -0.393 e. The second-order valence-corrected chi connectivity index (χ2v) is 6.46. The topological polar surface area (TPSA) is 69.6 Å². The Hall–Kier alpha value is -1.88. The predicted molar refractivity (Wildman–Crippen MR) is 94.7 cm³/mol. The van der Waals surface area contributed by atoms with Gasteiger partial charge in [0.05, 0.1) is 6.10 Å². The number of likely N-dealkylation sites (tertiary alicyclic amines) is 1. The van der Waals surface area contributed by atoms with Crippen molar-refractivity contribution in [1.82, 2.24) is 4.90 Å². The van der Waals surface area contributed by atoms with Crippen LogP contribution in [0.2, 0.25) is 0 Å². The average molecular weight is 332 g/mol. The van der Waals surface area contributed by atoms with Gasteiger partial charge in [0.15, 0.2) is 0 Å². The van der Waals surface area contributed by atoms with Gasteiger partial charge < -0.3 is 15.3 Å². The second-order valence-electron chi connectivity index (χ2n) is 6.46. The fraction of sp³-hybridized carbons (Fsp3) is 0.579. The summed E-state index contributed by atoms with van der Waals surface area (Å²) >= 11 is 0. The SMILES string of the molecule is CCCCc1ccc(NC(=O)CCC(=O)N2CCC(O)CC2)cc1. The van der Waals surface area contributed by atoms with Gasteiger partial charge in [-0.3, -0.25) is 9.59 Å². The van der Waals surface area contributed by atoms with Crippen LogP contribution in [0.1, 0.15) is 51.0 Å². The van der Waals surface area contributed by atoms with Crippen molar-refractivity contribution in [2.24, 2.45) is 0 Å². The van der Waals surface area contributed by atoms with Crippen LogP contribution in [0.4, 0.5) is 5.69 Å². The fourth-order valence-electron chi connectivity index (χ4n) is 2.85. The number of rotatable bonds is 7. The quantitative estimate of drug-likeness (QED) is 0.806. The normalized spacial score (nSPS) is 15.3. The summed E-state index contributed by atoms with van der Waals surface area (Å²) in [6.07, 6.45) is 4.77. The Morgan fingerprint density at radius 2 is 1.83 bits per heavy atom. The van der Waals surface area contributed by atoms with Crippen LogP contribution in [0, 0.1) is 0 Å². The van der Waals surface area contributed by atoms with Gasteiger partial charge in [0.25, 0.3) is 0 Å². The van der Waals surface area contributed by atoms with Crippen LogP contribution in [0.15, 0.2) is 24.3 Å². The summed E-state index contributed by atoms with van der Waals surface area (Å²) in [6.45, 7) is 3.34. The molecule has 5 heteroatoms. The van der Waals surface area contributed by atoms with Crippen molar-refractivity contribution in [3.63, 3.8) is 0 Å². The van der Waals surface area contributed by atoms with Crippen LogP contribution in [-0.2, 0) is 16.0 Å². The molecule has 1 aromatic carbocycles. The Morgan fingerprint density at radius 1 is 1.17 bits per heavy atom. The van der Waals surface area contributed by atoms with Gasteiger partial charge in [-0.05, 0) is 43.4 Å². The highest BCUT2D eigenvalue weighted by molar-refractivity contribution is 5.93. The maximum atomic E-state index is 12.1. The molecular weight excluding hydrogens is 304 g/mol. The van der Waals surface area contributed by atoms with Gasteiger partial charge >= 0.3 is 0 Å². The summed E-state index contributed by atoms with van der Waals surface area (Å²) in [5.41, 5.74) is 2.05. The van der Waals surface area contributed by atoms with Crippen LogP contribution < -0.4 is 5.32 Å². The smallest absolute Gasteiger partial charge is 0.224 e. The van der Waals surface area contributed by atoms with Crippen molar-refractivity contribution < 1.29 is 14.7 Å². The number of nitrogens with one attached hydrogen (secondary N) is 1. The van der Waals surface area contributed by atoms with Crippen molar-refractivity contribution in [1.29, 1.82) is 0 Å². The van der Waals surface area contributed by atoms with E-state index in [2.05, 4.69) is 12.2 Å². The highest BCUT2D eigenvalue weighted by atomic mass is 16.3. The summed E-state index contributed by atoms with van der Waals surface area (Å²) in [7, 11) is 0. The van der Waals surface area contributed by atoms with E-state index < -0.39 is 0 Å². The highest BCUT2D eigenvalue weighted by Gasteiger charge is 2.21. The number of hydrogen-bond acceptors (Lipinski definition) is 3. The third-order valence-electron chi connectivity index (χ3n) is 4.44. The molecule has 0 radical (unpaired) electrons. The molecule has 0 atom stereocenters. The number of aliphatic hydroxyl groups is 1. The van der Waals surface area contributed by atoms with Gasteiger partial charge in [-0.25, -0.2) is 0 Å². The minimum absolute atomic E-state index is 0.00744. The molecule has 1 heterocycles. The molecular formula is C19H28N2O3. The molecule has 1 fully saturated rings. The third kappa shape index (κ3) is 5.96. The Bertz CT molecular complexity index is 534. The molecule has 1 aromatic rings. The lowest BCUT2D eigenvalue weighted by molar-refractivity contribution is -0.134. The van der Waals surface area contributed by atoms with E-state index in [9.17, 15) is 14.7 Å². The number of hydrogen-bond donors (Lipinski definition) is 2. The highest BCUT2D eigenvalue weighted by Crippen LogP contribution is 2.14. The number of carbonyl (C=O) groups excluding carboxylic acids is 2. The molecule has 1 saturated heterocycles. The standard InChI is InChI=1S/C19H28N2O3/c1-2-3-4-15-5-7-16(8-6-15)20-18(23)9-10-19(24)21-13-11-17(22)12-14-21/h5-8,17,22H,2-4,9-14H2,1H3,(H,20,23). The summed E-state index contributed by atoms with van der Waals surface area (Å²) < 4.78 is 0. The first kappa shape index (κ1) is 18.5. The maximum Gasteiger partial charge on any atom is 0.224 e. The number of anilines is 1. The van der Waals surface area contributed by atoms with E-state index >= 15 is 0 Å². The average Bonchev–Trinajstić information content (AvgIpc) is 2.59. The molecule has 1 aliphatic heterocycles. The van der Waals surface area contributed by atoms with Gasteiger partial charge in [0, 0.05) is 31.6 Å². The van der Waals surface area contributed by atoms with E-state index in [1.54, 1.807) is 4.90 Å². The van der Waals surface area contributed by atoms with Gasteiger partial charge in [-0.2, -0.15) is 0 Å². The van der Waals surface area contributed by atoms with Crippen molar-refractivity contribution in [3.8, 4) is 0 Å². The molecule has 0 saturated carbocycles. The summed E-state index contributed by atoms with van der Waals surface area (Å²) in [6, 6.07) is 7.90. The molecule has 0 bridgehead atoms. The predicted octanol–water partition coefficient (Wildman–Crippen LogP) is 2.73. The Labute approximate surface area is 144 Å². The molecule has 1 aliphatic rings. The van der Waals surface area contributed by atoms with Crippen LogP contribution >= 0.6 is 0 Å². The van der Waals surface area contributed by atoms with Gasteiger partial charge in [-0.1, -0.05) is 25.5 Å². The molecule has 24 heavy (non-hydrogen) atoms. The van der Waals surface area contributed by atoms with E-state index in [1.807, 2.05) is 24.3 Å². The van der Waals surface area contributed by atoms with Crippen molar-refractivity contribution in [2.45, 2.75) is 58.0 Å². The van der Waals surface area contributed by atoms with E-state index in [-0.39, 0.29) is 30.8 Å². The molecule has 2 rings (SSSR count). The molecule has 2 amide bonds. The number of carbonyl (C=O) groups is 2. The van der Waals surface area contributed by atoms with Gasteiger partial charge in [0.2, 0.25) is 11.8 Å². The van der Waals surface area contributed by atoms with Crippen LogP contribution in [0.3, 0.4) is 0 Å². The lowest BCUT2D eigenvalue weighted by Crippen LogP contribution is -2.40. The van der Waals surface area contributed by atoms with Crippen LogP contribution in [-0.4, -0.2) is 41.0 Å². The largest absolute Gasteiger partial charge is 0.393 e. The van der Waals surface area contributed by atoms with E-state index in [0.717, 1.165) is 12.1 Å². The second kappa shape index (κ2) is 9.42. The van der Waals surface area contributed by atoms with E-state index in [1.165, 1.54) is 18.4 Å². The van der Waals surface area contributed by atoms with E-state index in [4.69, 9.17) is 0 Å². The maximum absolute atomic E-state index is 12.1. The van der Waals surface area contributed by atoms with Crippen molar-refractivity contribution in [3.05, 3.63) is 29.8 Å². The Balaban J connectivity index is 1.71. The number of benzene rings is 1. The first-order valence-corrected chi connectivity index (χ1v) is 8.93.